The van der Waals surface area contributed by atoms with Gasteiger partial charge in [-0.2, -0.15) is 0 Å². The van der Waals surface area contributed by atoms with Gasteiger partial charge in [0.05, 0.1) is 35.1 Å². The van der Waals surface area contributed by atoms with E-state index in [4.69, 9.17) is 14.2 Å². The fraction of sp³-hybridized carbons (Fsp3) is 1.00. The monoisotopic (exact) mass is 430 g/mol. The fourth-order valence-electron chi connectivity index (χ4n) is 9.18. The van der Waals surface area contributed by atoms with Gasteiger partial charge in [-0.15, -0.1) is 0 Å². The van der Waals surface area contributed by atoms with Crippen molar-refractivity contribution < 1.29 is 14.2 Å². The van der Waals surface area contributed by atoms with E-state index in [0.29, 0.717) is 18.3 Å². The Kier molecular flexibility index (Phi) is 5.93. The molecule has 7 saturated carbocycles. The lowest BCUT2D eigenvalue weighted by molar-refractivity contribution is -0.316. The topological polar surface area (TPSA) is 27.7 Å². The minimum absolute atomic E-state index is 0.0325. The van der Waals surface area contributed by atoms with Gasteiger partial charge in [-0.05, 0) is 63.7 Å². The Hall–Kier alpha value is -0.120. The third kappa shape index (κ3) is 4.50. The Morgan fingerprint density at radius 1 is 0.387 bits per heavy atom. The summed E-state index contributed by atoms with van der Waals surface area (Å²) in [5.41, 5.74) is 0.0975. The van der Waals surface area contributed by atoms with Gasteiger partial charge >= 0.3 is 0 Å². The van der Waals surface area contributed by atoms with Gasteiger partial charge in [-0.25, -0.2) is 0 Å². The quantitative estimate of drug-likeness (QED) is 0.444. The summed E-state index contributed by atoms with van der Waals surface area (Å²) in [5, 5.41) is 0. The lowest BCUT2D eigenvalue weighted by Gasteiger charge is -2.66. The number of ether oxygens (including phenoxy) is 3. The highest BCUT2D eigenvalue weighted by atomic mass is 16.5. The summed E-state index contributed by atoms with van der Waals surface area (Å²) in [6.07, 6.45) is 28.8. The van der Waals surface area contributed by atoms with Crippen LogP contribution in [-0.2, 0) is 14.2 Å². The number of hydrogen-bond acceptors (Lipinski definition) is 3. The molecule has 31 heavy (non-hydrogen) atoms. The average Bonchev–Trinajstić information content (AvgIpc) is 2.74. The summed E-state index contributed by atoms with van der Waals surface area (Å²) < 4.78 is 21.5. The number of hydrogen-bond donors (Lipinski definition) is 0. The molecule has 7 rings (SSSR count). The zero-order chi connectivity index (χ0) is 20.8. The first-order chi connectivity index (χ1) is 15.1. The van der Waals surface area contributed by atoms with E-state index >= 15 is 0 Å². The van der Waals surface area contributed by atoms with Crippen LogP contribution in [0.15, 0.2) is 0 Å². The summed E-state index contributed by atoms with van der Waals surface area (Å²) in [6, 6.07) is 0. The predicted molar refractivity (Wildman–Crippen MR) is 123 cm³/mol. The van der Waals surface area contributed by atoms with Crippen LogP contribution >= 0.6 is 0 Å². The summed E-state index contributed by atoms with van der Waals surface area (Å²) in [6.45, 7) is 0. The highest BCUT2D eigenvalue weighted by Gasteiger charge is 2.66. The molecule has 0 aromatic rings. The van der Waals surface area contributed by atoms with Crippen LogP contribution in [0.1, 0.15) is 135 Å². The first-order valence-corrected chi connectivity index (χ1v) is 14.2. The summed E-state index contributed by atoms with van der Waals surface area (Å²) in [7, 11) is 0. The van der Waals surface area contributed by atoms with Crippen molar-refractivity contribution in [2.24, 2.45) is 5.92 Å². The summed E-state index contributed by atoms with van der Waals surface area (Å²) >= 11 is 0. The maximum atomic E-state index is 7.16. The third-order valence-corrected chi connectivity index (χ3v) is 9.82. The minimum Gasteiger partial charge on any atom is -0.372 e. The SMILES string of the molecule is C1CCC(OC23CC4CC(OC5CCCCC5)(C2)CC(OC2CCCCC2)(C4)C3)CC1. The maximum Gasteiger partial charge on any atom is 0.0743 e. The highest BCUT2D eigenvalue weighted by molar-refractivity contribution is 5.18. The van der Waals surface area contributed by atoms with Crippen molar-refractivity contribution in [2.45, 2.75) is 170 Å². The van der Waals surface area contributed by atoms with Crippen molar-refractivity contribution in [1.29, 1.82) is 0 Å². The molecule has 0 spiro atoms. The Morgan fingerprint density at radius 2 is 0.677 bits per heavy atom. The van der Waals surface area contributed by atoms with E-state index in [1.807, 2.05) is 0 Å². The number of rotatable bonds is 6. The van der Waals surface area contributed by atoms with E-state index in [-0.39, 0.29) is 16.8 Å². The van der Waals surface area contributed by atoms with Crippen molar-refractivity contribution in [2.75, 3.05) is 0 Å². The van der Waals surface area contributed by atoms with Crippen LogP contribution in [0.3, 0.4) is 0 Å². The molecule has 3 nitrogen and oxygen atoms in total. The minimum atomic E-state index is 0.0325. The molecule has 0 unspecified atom stereocenters. The van der Waals surface area contributed by atoms with E-state index in [0.717, 1.165) is 25.2 Å². The van der Waals surface area contributed by atoms with Crippen LogP contribution in [0.2, 0.25) is 0 Å². The molecule has 4 bridgehead atoms. The molecule has 0 saturated heterocycles. The molecule has 0 amide bonds. The molecular weight excluding hydrogens is 384 g/mol. The molecule has 7 aliphatic rings. The van der Waals surface area contributed by atoms with Gasteiger partial charge < -0.3 is 14.2 Å². The second-order valence-corrected chi connectivity index (χ2v) is 12.7. The largest absolute Gasteiger partial charge is 0.372 e. The van der Waals surface area contributed by atoms with Gasteiger partial charge in [0.15, 0.2) is 0 Å². The zero-order valence-electron chi connectivity index (χ0n) is 19.9. The van der Waals surface area contributed by atoms with Gasteiger partial charge in [0.2, 0.25) is 0 Å². The summed E-state index contributed by atoms with van der Waals surface area (Å²) in [5.74, 6) is 0.743. The molecule has 0 aromatic carbocycles. The molecule has 0 N–H and O–H groups in total. The summed E-state index contributed by atoms with van der Waals surface area (Å²) in [4.78, 5) is 0. The van der Waals surface area contributed by atoms with Crippen molar-refractivity contribution in [3.05, 3.63) is 0 Å². The Bertz CT molecular complexity index is 520. The van der Waals surface area contributed by atoms with Crippen LogP contribution in [0.5, 0.6) is 0 Å². The average molecular weight is 431 g/mol. The first kappa shape index (κ1) is 21.4. The smallest absolute Gasteiger partial charge is 0.0743 e. The van der Waals surface area contributed by atoms with Crippen LogP contribution in [0, 0.1) is 5.92 Å². The molecule has 0 aromatic heterocycles. The standard InChI is InChI=1S/C28H46O3/c1-4-10-23(11-5-1)29-26-16-22-17-27(19-26,30-24-12-6-2-7-13-24)21-28(18-22,20-26)31-25-14-8-3-9-15-25/h22-25H,1-21H2. The lowest BCUT2D eigenvalue weighted by Crippen LogP contribution is -2.69. The van der Waals surface area contributed by atoms with Crippen LogP contribution < -0.4 is 0 Å². The van der Waals surface area contributed by atoms with Crippen molar-refractivity contribution in [3.63, 3.8) is 0 Å². The van der Waals surface area contributed by atoms with E-state index in [2.05, 4.69) is 0 Å². The van der Waals surface area contributed by atoms with Crippen molar-refractivity contribution >= 4 is 0 Å². The van der Waals surface area contributed by atoms with E-state index in [1.165, 1.54) is 116 Å². The van der Waals surface area contributed by atoms with Gasteiger partial charge in [-0.3, -0.25) is 0 Å². The van der Waals surface area contributed by atoms with Gasteiger partial charge in [0.25, 0.3) is 0 Å². The molecule has 0 aliphatic heterocycles. The molecule has 176 valence electrons. The van der Waals surface area contributed by atoms with Crippen molar-refractivity contribution in [1.82, 2.24) is 0 Å². The van der Waals surface area contributed by atoms with Gasteiger partial charge in [0.1, 0.15) is 0 Å². The molecule has 7 aliphatic carbocycles. The van der Waals surface area contributed by atoms with Gasteiger partial charge in [-0.1, -0.05) is 57.8 Å². The van der Waals surface area contributed by atoms with Crippen molar-refractivity contribution in [3.8, 4) is 0 Å². The predicted octanol–water partition coefficient (Wildman–Crippen LogP) is 7.25. The second-order valence-electron chi connectivity index (χ2n) is 12.7. The molecule has 0 radical (unpaired) electrons. The second kappa shape index (κ2) is 8.58. The maximum absolute atomic E-state index is 7.16. The van der Waals surface area contributed by atoms with E-state index < -0.39 is 0 Å². The van der Waals surface area contributed by atoms with E-state index in [9.17, 15) is 0 Å². The zero-order valence-corrected chi connectivity index (χ0v) is 19.9. The molecule has 0 atom stereocenters. The third-order valence-electron chi connectivity index (χ3n) is 9.82. The molecule has 0 heterocycles. The van der Waals surface area contributed by atoms with E-state index in [1.54, 1.807) is 0 Å². The van der Waals surface area contributed by atoms with Crippen LogP contribution in [-0.4, -0.2) is 35.1 Å². The van der Waals surface area contributed by atoms with Gasteiger partial charge in [0, 0.05) is 19.3 Å². The molecule has 7 fully saturated rings. The molecular formula is C28H46O3. The Morgan fingerprint density at radius 3 is 0.968 bits per heavy atom. The Balaban J connectivity index is 1.26. The fourth-order valence-corrected chi connectivity index (χ4v) is 9.18. The highest BCUT2D eigenvalue weighted by Crippen LogP contribution is 2.64. The Labute approximate surface area is 190 Å². The van der Waals surface area contributed by atoms with Crippen LogP contribution in [0.4, 0.5) is 0 Å². The molecule has 3 heteroatoms. The van der Waals surface area contributed by atoms with Crippen LogP contribution in [0.25, 0.3) is 0 Å². The normalized spacial score (nSPS) is 44.7. The lowest BCUT2D eigenvalue weighted by atomic mass is 9.50. The first-order valence-electron chi connectivity index (χ1n) is 14.2.